The Morgan fingerprint density at radius 1 is 1.50 bits per heavy atom. The molecule has 5 heteroatoms. The Bertz CT molecular complexity index is 309. The van der Waals surface area contributed by atoms with Gasteiger partial charge in [-0.3, -0.25) is 0 Å². The molecule has 1 unspecified atom stereocenters. The van der Waals surface area contributed by atoms with Crippen LogP contribution in [0.25, 0.3) is 0 Å². The average molecular weight is 238 g/mol. The van der Waals surface area contributed by atoms with Gasteiger partial charge in [0, 0.05) is 11.6 Å². The third kappa shape index (κ3) is 3.33. The maximum atomic E-state index is 13.1. The van der Waals surface area contributed by atoms with Gasteiger partial charge in [-0.15, -0.1) is 11.6 Å². The summed E-state index contributed by atoms with van der Waals surface area (Å²) in [5.74, 6) is -0.332. The van der Waals surface area contributed by atoms with Gasteiger partial charge < -0.3 is 10.4 Å². The molecule has 0 fully saturated rings. The van der Waals surface area contributed by atoms with Crippen LogP contribution in [0.4, 0.5) is 10.1 Å². The molecule has 0 radical (unpaired) electrons. The van der Waals surface area contributed by atoms with E-state index in [9.17, 15) is 4.39 Å². The Hall–Kier alpha value is -0.510. The van der Waals surface area contributed by atoms with Crippen molar-refractivity contribution in [1.82, 2.24) is 0 Å². The van der Waals surface area contributed by atoms with Crippen LogP contribution in [0, 0.1) is 5.82 Å². The molecule has 0 bridgehead atoms. The van der Waals surface area contributed by atoms with Gasteiger partial charge >= 0.3 is 0 Å². The Labute approximate surface area is 91.6 Å². The first kappa shape index (κ1) is 11.6. The van der Waals surface area contributed by atoms with Crippen LogP contribution in [0.5, 0.6) is 0 Å². The number of alkyl halides is 1. The fourth-order valence-corrected chi connectivity index (χ4v) is 1.18. The van der Waals surface area contributed by atoms with Crippen LogP contribution in [0.1, 0.15) is 0 Å². The lowest BCUT2D eigenvalue weighted by molar-refractivity contribution is 0.211. The number of halogens is 3. The molecule has 0 aromatic heterocycles. The van der Waals surface area contributed by atoms with Crippen LogP contribution in [0.2, 0.25) is 5.02 Å². The van der Waals surface area contributed by atoms with Crippen molar-refractivity contribution in [2.45, 2.75) is 6.10 Å². The minimum absolute atomic E-state index is 0.113. The number of hydrogen-bond acceptors (Lipinski definition) is 2. The average Bonchev–Trinajstić information content (AvgIpc) is 2.16. The van der Waals surface area contributed by atoms with Crippen molar-refractivity contribution in [3.63, 3.8) is 0 Å². The predicted octanol–water partition coefficient (Wildman–Crippen LogP) is 2.49. The van der Waals surface area contributed by atoms with Crippen molar-refractivity contribution < 1.29 is 9.50 Å². The third-order valence-electron chi connectivity index (χ3n) is 1.64. The monoisotopic (exact) mass is 237 g/mol. The van der Waals surface area contributed by atoms with E-state index in [0.717, 1.165) is 0 Å². The van der Waals surface area contributed by atoms with Gasteiger partial charge in [-0.1, -0.05) is 11.6 Å². The number of benzene rings is 1. The van der Waals surface area contributed by atoms with Crippen LogP contribution in [-0.2, 0) is 0 Å². The Kier molecular flexibility index (Phi) is 4.45. The summed E-state index contributed by atoms with van der Waals surface area (Å²) in [4.78, 5) is 0. The van der Waals surface area contributed by atoms with Crippen LogP contribution >= 0.6 is 23.2 Å². The smallest absolute Gasteiger partial charge is 0.147 e. The number of nitrogens with one attached hydrogen (secondary N) is 1. The van der Waals surface area contributed by atoms with Crippen LogP contribution in [-0.4, -0.2) is 23.6 Å². The van der Waals surface area contributed by atoms with Crippen molar-refractivity contribution in [2.75, 3.05) is 17.7 Å². The van der Waals surface area contributed by atoms with Crippen molar-refractivity contribution in [1.29, 1.82) is 0 Å². The first-order chi connectivity index (χ1) is 6.63. The van der Waals surface area contributed by atoms with Gasteiger partial charge in [-0.25, -0.2) is 4.39 Å². The summed E-state index contributed by atoms with van der Waals surface area (Å²) in [6.45, 7) is 0.210. The molecule has 0 aliphatic rings. The zero-order valence-corrected chi connectivity index (χ0v) is 8.82. The zero-order chi connectivity index (χ0) is 10.6. The highest BCUT2D eigenvalue weighted by Crippen LogP contribution is 2.18. The maximum absolute atomic E-state index is 13.1. The first-order valence-electron chi connectivity index (χ1n) is 4.06. The van der Waals surface area contributed by atoms with Crippen molar-refractivity contribution in [3.05, 3.63) is 29.0 Å². The van der Waals surface area contributed by atoms with Crippen LogP contribution in [0.15, 0.2) is 18.2 Å². The number of aliphatic hydroxyl groups excluding tert-OH is 1. The standard InChI is InChI=1S/C9H10Cl2FNO/c10-4-7(14)5-13-9-2-1-6(11)3-8(9)12/h1-3,7,13-14H,4-5H2. The molecule has 0 aliphatic heterocycles. The van der Waals surface area contributed by atoms with E-state index < -0.39 is 11.9 Å². The van der Waals surface area contributed by atoms with Gasteiger partial charge in [0.2, 0.25) is 0 Å². The van der Waals surface area contributed by atoms with Gasteiger partial charge in [0.15, 0.2) is 0 Å². The third-order valence-corrected chi connectivity index (χ3v) is 2.23. The van der Waals surface area contributed by atoms with E-state index in [2.05, 4.69) is 5.32 Å². The molecule has 2 nitrogen and oxygen atoms in total. The molecule has 0 heterocycles. The normalized spacial score (nSPS) is 12.6. The minimum Gasteiger partial charge on any atom is -0.390 e. The molecular formula is C9H10Cl2FNO. The lowest BCUT2D eigenvalue weighted by atomic mass is 10.3. The second-order valence-corrected chi connectivity index (χ2v) is 3.56. The highest BCUT2D eigenvalue weighted by atomic mass is 35.5. The number of anilines is 1. The molecule has 0 saturated carbocycles. The van der Waals surface area contributed by atoms with E-state index in [1.807, 2.05) is 0 Å². The molecule has 1 aromatic rings. The maximum Gasteiger partial charge on any atom is 0.147 e. The van der Waals surface area contributed by atoms with Crippen LogP contribution < -0.4 is 5.32 Å². The molecule has 0 spiro atoms. The Morgan fingerprint density at radius 2 is 2.21 bits per heavy atom. The van der Waals surface area contributed by atoms with Crippen molar-refractivity contribution in [2.24, 2.45) is 0 Å². The fraction of sp³-hybridized carbons (Fsp3) is 0.333. The molecule has 14 heavy (non-hydrogen) atoms. The Morgan fingerprint density at radius 3 is 2.79 bits per heavy atom. The van der Waals surface area contributed by atoms with Gasteiger partial charge in [0.25, 0.3) is 0 Å². The number of aliphatic hydroxyl groups is 1. The quantitative estimate of drug-likeness (QED) is 0.790. The molecule has 0 amide bonds. The van der Waals surface area contributed by atoms with Gasteiger partial charge in [0.05, 0.1) is 17.7 Å². The molecule has 1 rings (SSSR count). The van der Waals surface area contributed by atoms with Crippen LogP contribution in [0.3, 0.4) is 0 Å². The molecular weight excluding hydrogens is 228 g/mol. The lowest BCUT2D eigenvalue weighted by Gasteiger charge is -2.10. The van der Waals surface area contributed by atoms with Gasteiger partial charge in [-0.05, 0) is 18.2 Å². The molecule has 0 saturated heterocycles. The number of hydrogen-bond donors (Lipinski definition) is 2. The summed E-state index contributed by atoms with van der Waals surface area (Å²) in [6, 6.07) is 4.29. The molecule has 0 aliphatic carbocycles. The highest BCUT2D eigenvalue weighted by Gasteiger charge is 2.05. The van der Waals surface area contributed by atoms with Gasteiger partial charge in [-0.2, -0.15) is 0 Å². The first-order valence-corrected chi connectivity index (χ1v) is 4.97. The summed E-state index contributed by atoms with van der Waals surface area (Å²) in [5, 5.41) is 12.2. The molecule has 78 valence electrons. The summed E-state index contributed by atoms with van der Waals surface area (Å²) in [7, 11) is 0. The molecule has 1 atom stereocenters. The summed E-state index contributed by atoms with van der Waals surface area (Å²) >= 11 is 10.9. The summed E-state index contributed by atoms with van der Waals surface area (Å²) in [5.41, 5.74) is 0.304. The van der Waals surface area contributed by atoms with Crippen molar-refractivity contribution >= 4 is 28.9 Å². The molecule has 1 aromatic carbocycles. The van der Waals surface area contributed by atoms with E-state index in [1.54, 1.807) is 6.07 Å². The van der Waals surface area contributed by atoms with E-state index >= 15 is 0 Å². The highest BCUT2D eigenvalue weighted by molar-refractivity contribution is 6.30. The lowest BCUT2D eigenvalue weighted by Crippen LogP contribution is -2.21. The Balaban J connectivity index is 2.59. The predicted molar refractivity (Wildman–Crippen MR) is 56.6 cm³/mol. The SMILES string of the molecule is OC(CCl)CNc1ccc(Cl)cc1F. The largest absolute Gasteiger partial charge is 0.390 e. The second kappa shape index (κ2) is 5.39. The topological polar surface area (TPSA) is 32.3 Å². The van der Waals surface area contributed by atoms with E-state index in [4.69, 9.17) is 28.3 Å². The summed E-state index contributed by atoms with van der Waals surface area (Å²) < 4.78 is 13.1. The zero-order valence-electron chi connectivity index (χ0n) is 7.30. The summed E-state index contributed by atoms with van der Waals surface area (Å²) in [6.07, 6.45) is -0.688. The van der Waals surface area contributed by atoms with E-state index in [1.165, 1.54) is 12.1 Å². The van der Waals surface area contributed by atoms with Crippen molar-refractivity contribution in [3.8, 4) is 0 Å². The van der Waals surface area contributed by atoms with E-state index in [-0.39, 0.29) is 12.4 Å². The van der Waals surface area contributed by atoms with E-state index in [0.29, 0.717) is 10.7 Å². The minimum atomic E-state index is -0.688. The fourth-order valence-electron chi connectivity index (χ4n) is 0.915. The number of rotatable bonds is 4. The van der Waals surface area contributed by atoms with Gasteiger partial charge in [0.1, 0.15) is 5.82 Å². The second-order valence-electron chi connectivity index (χ2n) is 2.81. The molecule has 2 N–H and O–H groups in total.